The fourth-order valence-electron chi connectivity index (χ4n) is 14.3. The highest BCUT2D eigenvalue weighted by Crippen LogP contribution is 2.42. The van der Waals surface area contributed by atoms with Crippen molar-refractivity contribution in [1.82, 2.24) is 44.9 Å². The van der Waals surface area contributed by atoms with Crippen molar-refractivity contribution in [2.45, 2.75) is 0 Å². The van der Waals surface area contributed by atoms with Crippen LogP contribution in [0.5, 0.6) is 0 Å². The highest BCUT2D eigenvalue weighted by Gasteiger charge is 2.19. The first-order valence-corrected chi connectivity index (χ1v) is 32.1. The molecule has 0 saturated carbocycles. The summed E-state index contributed by atoms with van der Waals surface area (Å²) in [4.78, 5) is 44.3. The quantitative estimate of drug-likeness (QED) is 0.119. The van der Waals surface area contributed by atoms with Gasteiger partial charge in [-0.2, -0.15) is 0 Å². The van der Waals surface area contributed by atoms with Crippen LogP contribution in [-0.4, -0.2) is 44.9 Å². The Kier molecular flexibility index (Phi) is 12.7. The smallest absolute Gasteiger partial charge is 0.0978 e. The summed E-state index contributed by atoms with van der Waals surface area (Å²) in [5.74, 6) is 0. The van der Waals surface area contributed by atoms with E-state index in [9.17, 15) is 0 Å². The predicted molar refractivity (Wildman–Crippen MR) is 396 cm³/mol. The summed E-state index contributed by atoms with van der Waals surface area (Å²) in [6.45, 7) is 0. The number of hydrogen-bond acceptors (Lipinski definition) is 9. The van der Waals surface area contributed by atoms with E-state index < -0.39 is 0 Å². The Labute approximate surface area is 549 Å². The molecule has 9 nitrogen and oxygen atoms in total. The molecule has 9 heterocycles. The van der Waals surface area contributed by atoms with Gasteiger partial charge < -0.3 is 0 Å². The Morgan fingerprint density at radius 1 is 0.188 bits per heavy atom. The Bertz CT molecular complexity index is 6580. The standard InChI is InChI=1S/C48H28N4.C39H23N5/c1-2-8-29(9-3-1)44-39-11-4-5-13-43(39)52-48-40(44)22-16-30-19-23-42(51-46(30)48)34-18-21-37-32(27-34)15-14-31-26-33(17-20-36(31)37)41-28-35-10-6-24-49-45(35)47-38(41)12-7-25-50-47;1-2-8-24(9-3-1)35-29-11-4-5-13-32(29)43-39-30(35)17-14-25-15-19-34(44-37(25)39)33-18-16-27(23-42-33)31-22-26-10-6-20-40-36(26)38-28(31)12-7-21-41-38/h1-28H;1-23H. The molecule has 9 aromatic heterocycles. The topological polar surface area (TPSA) is 116 Å². The Balaban J connectivity index is 0.000000137. The maximum Gasteiger partial charge on any atom is 0.0978 e. The molecule has 0 amide bonds. The van der Waals surface area contributed by atoms with Crippen LogP contribution in [0.25, 0.3) is 198 Å². The van der Waals surface area contributed by atoms with Gasteiger partial charge in [0.25, 0.3) is 0 Å². The Morgan fingerprint density at radius 3 is 1.16 bits per heavy atom. The normalized spacial score (nSPS) is 11.8. The van der Waals surface area contributed by atoms with Crippen molar-refractivity contribution >= 4 is 131 Å². The molecule has 20 aromatic rings. The van der Waals surface area contributed by atoms with E-state index in [1.807, 2.05) is 79.5 Å². The summed E-state index contributed by atoms with van der Waals surface area (Å²) in [7, 11) is 0. The van der Waals surface area contributed by atoms with E-state index in [-0.39, 0.29) is 0 Å². The van der Waals surface area contributed by atoms with Crippen LogP contribution in [0.1, 0.15) is 0 Å². The lowest BCUT2D eigenvalue weighted by atomic mass is 9.93. The fourth-order valence-corrected chi connectivity index (χ4v) is 14.3. The lowest BCUT2D eigenvalue weighted by Crippen LogP contribution is -1.94. The molecule has 0 aliphatic carbocycles. The number of para-hydroxylation sites is 2. The van der Waals surface area contributed by atoms with Crippen molar-refractivity contribution in [2.24, 2.45) is 0 Å². The zero-order valence-electron chi connectivity index (χ0n) is 51.5. The van der Waals surface area contributed by atoms with Gasteiger partial charge in [0.2, 0.25) is 0 Å². The molecular formula is C87H51N9. The number of benzene rings is 11. The monoisotopic (exact) mass is 1220 g/mol. The van der Waals surface area contributed by atoms with Gasteiger partial charge in [-0.05, 0) is 128 Å². The first-order chi connectivity index (χ1) is 47.6. The average molecular weight is 1220 g/mol. The summed E-state index contributed by atoms with van der Waals surface area (Å²) < 4.78 is 0. The van der Waals surface area contributed by atoms with Gasteiger partial charge >= 0.3 is 0 Å². The molecule has 20 rings (SSSR count). The van der Waals surface area contributed by atoms with Crippen LogP contribution in [0.4, 0.5) is 0 Å². The lowest BCUT2D eigenvalue weighted by Gasteiger charge is -2.14. The summed E-state index contributed by atoms with van der Waals surface area (Å²) in [6, 6.07) is 97.8. The van der Waals surface area contributed by atoms with E-state index >= 15 is 0 Å². The van der Waals surface area contributed by atoms with Gasteiger partial charge in [-0.3, -0.25) is 24.9 Å². The molecule has 0 spiro atoms. The summed E-state index contributed by atoms with van der Waals surface area (Å²) in [6.07, 6.45) is 9.23. The third kappa shape index (κ3) is 9.12. The summed E-state index contributed by atoms with van der Waals surface area (Å²) >= 11 is 0. The van der Waals surface area contributed by atoms with Crippen LogP contribution in [0.15, 0.2) is 310 Å². The molecule has 0 N–H and O–H groups in total. The van der Waals surface area contributed by atoms with Crippen molar-refractivity contribution < 1.29 is 0 Å². The first kappa shape index (κ1) is 54.6. The minimum Gasteiger partial charge on any atom is -0.254 e. The third-order valence-electron chi connectivity index (χ3n) is 18.8. The SMILES string of the molecule is c1ccc(-c2c3ccccc3nc3c2ccc2ccc(-c4ccc(-c5cc6cccnc6c6ncccc56)cn4)nc23)cc1.c1ccc(-c2c3ccccc3nc3c2ccc2ccc(-c4ccc5c(ccc6cc(-c7cc8cccnc8c8ncccc78)ccc65)c4)nc23)cc1. The van der Waals surface area contributed by atoms with Crippen molar-refractivity contribution in [2.75, 3.05) is 0 Å². The molecule has 11 aromatic carbocycles. The van der Waals surface area contributed by atoms with Gasteiger partial charge in [0.15, 0.2) is 0 Å². The zero-order chi connectivity index (χ0) is 63.2. The molecule has 0 saturated heterocycles. The van der Waals surface area contributed by atoms with Crippen LogP contribution >= 0.6 is 0 Å². The molecular weight excluding hydrogens is 1170 g/mol. The second-order valence-electron chi connectivity index (χ2n) is 24.4. The number of nitrogens with zero attached hydrogens (tertiary/aromatic N) is 9. The number of pyridine rings is 9. The molecule has 0 aliphatic heterocycles. The van der Waals surface area contributed by atoms with Crippen molar-refractivity contribution in [3.8, 4) is 67.2 Å². The molecule has 0 atom stereocenters. The van der Waals surface area contributed by atoms with Gasteiger partial charge in [0.05, 0.1) is 72.2 Å². The number of aromatic nitrogens is 9. The summed E-state index contributed by atoms with van der Waals surface area (Å²) in [5, 5.41) is 15.7. The van der Waals surface area contributed by atoms with Gasteiger partial charge in [0, 0.05) is 107 Å². The molecule has 0 radical (unpaired) electrons. The van der Waals surface area contributed by atoms with Crippen LogP contribution < -0.4 is 0 Å². The van der Waals surface area contributed by atoms with Gasteiger partial charge in [-0.15, -0.1) is 0 Å². The number of hydrogen-bond donors (Lipinski definition) is 0. The van der Waals surface area contributed by atoms with Crippen molar-refractivity contribution in [3.63, 3.8) is 0 Å². The second-order valence-corrected chi connectivity index (χ2v) is 24.4. The van der Waals surface area contributed by atoms with Gasteiger partial charge in [-0.25, -0.2) is 19.9 Å². The molecule has 96 heavy (non-hydrogen) atoms. The Morgan fingerprint density at radius 2 is 0.604 bits per heavy atom. The highest BCUT2D eigenvalue weighted by molar-refractivity contribution is 6.19. The molecule has 0 aliphatic rings. The number of rotatable bonds is 6. The molecule has 9 heteroatoms. The van der Waals surface area contributed by atoms with E-state index in [1.54, 1.807) is 0 Å². The minimum absolute atomic E-state index is 0.807. The van der Waals surface area contributed by atoms with E-state index in [0.717, 1.165) is 159 Å². The number of fused-ring (bicyclic) bond motifs is 17. The molecule has 444 valence electrons. The maximum absolute atomic E-state index is 5.30. The fraction of sp³-hybridized carbons (Fsp3) is 0. The van der Waals surface area contributed by atoms with Crippen LogP contribution in [0.2, 0.25) is 0 Å². The van der Waals surface area contributed by atoms with Crippen molar-refractivity contribution in [3.05, 3.63) is 310 Å². The van der Waals surface area contributed by atoms with E-state index in [2.05, 4.69) is 245 Å². The zero-order valence-corrected chi connectivity index (χ0v) is 51.5. The molecule has 0 unspecified atom stereocenters. The van der Waals surface area contributed by atoms with Crippen molar-refractivity contribution in [1.29, 1.82) is 0 Å². The molecule has 0 fully saturated rings. The van der Waals surface area contributed by atoms with E-state index in [0.29, 0.717) is 0 Å². The van der Waals surface area contributed by atoms with E-state index in [1.165, 1.54) is 38.2 Å². The van der Waals surface area contributed by atoms with Crippen LogP contribution in [0.3, 0.4) is 0 Å². The van der Waals surface area contributed by atoms with Gasteiger partial charge in [-0.1, -0.05) is 200 Å². The highest BCUT2D eigenvalue weighted by atomic mass is 14.8. The van der Waals surface area contributed by atoms with Crippen LogP contribution in [0, 0.1) is 0 Å². The maximum atomic E-state index is 5.30. The summed E-state index contributed by atoms with van der Waals surface area (Å²) in [5.41, 5.74) is 21.9. The molecule has 0 bridgehead atoms. The largest absolute Gasteiger partial charge is 0.254 e. The predicted octanol–water partition coefficient (Wildman–Crippen LogP) is 21.8. The minimum atomic E-state index is 0.807. The Hall–Kier alpha value is -13.1. The lowest BCUT2D eigenvalue weighted by molar-refractivity contribution is 1.28. The van der Waals surface area contributed by atoms with Gasteiger partial charge in [0.1, 0.15) is 0 Å². The average Bonchev–Trinajstić information content (AvgIpc) is 0.856. The van der Waals surface area contributed by atoms with E-state index in [4.69, 9.17) is 29.9 Å². The third-order valence-corrected chi connectivity index (χ3v) is 18.8. The first-order valence-electron chi connectivity index (χ1n) is 32.1. The van der Waals surface area contributed by atoms with Crippen LogP contribution in [-0.2, 0) is 0 Å². The second kappa shape index (κ2) is 22.3.